The summed E-state index contributed by atoms with van der Waals surface area (Å²) in [5.41, 5.74) is 2.89. The first-order chi connectivity index (χ1) is 16.5. The van der Waals surface area contributed by atoms with E-state index < -0.39 is 0 Å². The Morgan fingerprint density at radius 1 is 0.971 bits per heavy atom. The predicted octanol–water partition coefficient (Wildman–Crippen LogP) is 5.80. The second-order valence-corrected chi connectivity index (χ2v) is 9.23. The van der Waals surface area contributed by atoms with Crippen molar-refractivity contribution in [1.29, 1.82) is 0 Å². The van der Waals surface area contributed by atoms with Crippen molar-refractivity contribution in [2.24, 2.45) is 4.99 Å². The molecule has 1 fully saturated rings. The van der Waals surface area contributed by atoms with Crippen LogP contribution in [0.15, 0.2) is 71.7 Å². The molecular formula is C27H27ClN4O2. The molecule has 0 aliphatic carbocycles. The Morgan fingerprint density at radius 2 is 1.71 bits per heavy atom. The SMILES string of the molecule is CC(C)N1CCN(C2=Nc3ccccc3Oc3ccc(NC(=O)c4ccc(Cl)cc4)cc32)CC1. The van der Waals surface area contributed by atoms with Crippen LogP contribution in [-0.2, 0) is 0 Å². The number of halogens is 1. The monoisotopic (exact) mass is 474 g/mol. The number of nitrogens with one attached hydrogen (secondary N) is 1. The minimum atomic E-state index is -0.196. The topological polar surface area (TPSA) is 57.2 Å². The number of fused-ring (bicyclic) bond motifs is 2. The first kappa shape index (κ1) is 22.4. The number of aliphatic imine (C=N–C) groups is 1. The molecule has 0 radical (unpaired) electrons. The summed E-state index contributed by atoms with van der Waals surface area (Å²) >= 11 is 5.96. The van der Waals surface area contributed by atoms with Crippen LogP contribution in [0.5, 0.6) is 11.5 Å². The molecule has 2 heterocycles. The van der Waals surface area contributed by atoms with Gasteiger partial charge in [0.2, 0.25) is 0 Å². The van der Waals surface area contributed by atoms with Gasteiger partial charge in [-0.1, -0.05) is 23.7 Å². The first-order valence-corrected chi connectivity index (χ1v) is 11.9. The van der Waals surface area contributed by atoms with Gasteiger partial charge in [0.05, 0.1) is 5.56 Å². The lowest BCUT2D eigenvalue weighted by Crippen LogP contribution is -2.50. The van der Waals surface area contributed by atoms with E-state index in [-0.39, 0.29) is 5.91 Å². The average Bonchev–Trinajstić information content (AvgIpc) is 3.01. The maximum Gasteiger partial charge on any atom is 0.255 e. The van der Waals surface area contributed by atoms with E-state index >= 15 is 0 Å². The van der Waals surface area contributed by atoms with Gasteiger partial charge < -0.3 is 15.0 Å². The summed E-state index contributed by atoms with van der Waals surface area (Å²) in [5.74, 6) is 2.11. The molecule has 3 aromatic rings. The van der Waals surface area contributed by atoms with Crippen molar-refractivity contribution in [3.05, 3.63) is 82.9 Å². The molecule has 1 amide bonds. The Hall–Kier alpha value is -3.35. The number of ether oxygens (including phenoxy) is 1. The number of carbonyl (C=O) groups is 1. The lowest BCUT2D eigenvalue weighted by atomic mass is 10.1. The quantitative estimate of drug-likeness (QED) is 0.521. The van der Waals surface area contributed by atoms with Crippen LogP contribution in [0.25, 0.3) is 0 Å². The van der Waals surface area contributed by atoms with Crippen LogP contribution in [-0.4, -0.2) is 53.8 Å². The molecule has 0 atom stereocenters. The van der Waals surface area contributed by atoms with E-state index in [4.69, 9.17) is 21.3 Å². The molecule has 5 rings (SSSR count). The predicted molar refractivity (Wildman–Crippen MR) is 137 cm³/mol. The summed E-state index contributed by atoms with van der Waals surface area (Å²) in [6.45, 7) is 8.16. The van der Waals surface area contributed by atoms with Gasteiger partial charge in [0, 0.05) is 48.5 Å². The van der Waals surface area contributed by atoms with Crippen LogP contribution >= 0.6 is 11.6 Å². The highest BCUT2D eigenvalue weighted by atomic mass is 35.5. The molecule has 0 bridgehead atoms. The van der Waals surface area contributed by atoms with Gasteiger partial charge >= 0.3 is 0 Å². The molecule has 0 saturated carbocycles. The standard InChI is InChI=1S/C27H27ClN4O2/c1-18(2)31-13-15-32(16-14-31)26-22-17-21(29-27(33)19-7-9-20(28)10-8-19)11-12-24(22)34-25-6-4-3-5-23(25)30-26/h3-12,17-18H,13-16H2,1-2H3,(H,29,33). The van der Waals surface area contributed by atoms with Crippen LogP contribution in [0.3, 0.4) is 0 Å². The number of hydrogen-bond acceptors (Lipinski definition) is 5. The fourth-order valence-corrected chi connectivity index (χ4v) is 4.42. The zero-order chi connectivity index (χ0) is 23.7. The molecule has 7 heteroatoms. The fourth-order valence-electron chi connectivity index (χ4n) is 4.30. The third-order valence-corrected chi connectivity index (χ3v) is 6.49. The lowest BCUT2D eigenvalue weighted by Gasteiger charge is -2.38. The van der Waals surface area contributed by atoms with Gasteiger partial charge in [0.15, 0.2) is 5.75 Å². The van der Waals surface area contributed by atoms with Crippen LogP contribution in [0.1, 0.15) is 29.8 Å². The van der Waals surface area contributed by atoms with E-state index in [9.17, 15) is 4.79 Å². The van der Waals surface area contributed by atoms with E-state index in [2.05, 4.69) is 29.0 Å². The van der Waals surface area contributed by atoms with E-state index in [0.29, 0.717) is 22.3 Å². The van der Waals surface area contributed by atoms with E-state index in [1.165, 1.54) is 0 Å². The second kappa shape index (κ2) is 9.49. The third-order valence-electron chi connectivity index (χ3n) is 6.24. The van der Waals surface area contributed by atoms with Crippen LogP contribution in [0.2, 0.25) is 5.02 Å². The smallest absolute Gasteiger partial charge is 0.255 e. The Kier molecular flexibility index (Phi) is 6.26. The molecule has 174 valence electrons. The number of carbonyl (C=O) groups excluding carboxylic acids is 1. The van der Waals surface area contributed by atoms with Gasteiger partial charge in [-0.2, -0.15) is 0 Å². The van der Waals surface area contributed by atoms with Crippen molar-refractivity contribution in [3.8, 4) is 11.5 Å². The molecule has 3 aromatic carbocycles. The van der Waals surface area contributed by atoms with Crippen molar-refractivity contribution in [1.82, 2.24) is 9.80 Å². The molecular weight excluding hydrogens is 448 g/mol. The summed E-state index contributed by atoms with van der Waals surface area (Å²) in [4.78, 5) is 22.6. The number of piperazine rings is 1. The van der Waals surface area contributed by atoms with Crippen molar-refractivity contribution < 1.29 is 9.53 Å². The van der Waals surface area contributed by atoms with Crippen molar-refractivity contribution >= 4 is 34.7 Å². The number of anilines is 1. The maximum absolute atomic E-state index is 12.8. The molecule has 1 N–H and O–H groups in total. The summed E-state index contributed by atoms with van der Waals surface area (Å²) in [5, 5.41) is 3.59. The van der Waals surface area contributed by atoms with Gasteiger partial charge in [-0.3, -0.25) is 9.69 Å². The zero-order valence-electron chi connectivity index (χ0n) is 19.3. The Labute approximate surface area is 204 Å². The fraction of sp³-hybridized carbons (Fsp3) is 0.259. The number of rotatable bonds is 3. The van der Waals surface area contributed by atoms with Gasteiger partial charge in [-0.05, 0) is 68.4 Å². The minimum absolute atomic E-state index is 0.196. The first-order valence-electron chi connectivity index (χ1n) is 11.5. The van der Waals surface area contributed by atoms with E-state index in [0.717, 1.165) is 54.8 Å². The summed E-state index contributed by atoms with van der Waals surface area (Å²) in [7, 11) is 0. The average molecular weight is 475 g/mol. The van der Waals surface area contributed by atoms with Crippen LogP contribution in [0, 0.1) is 0 Å². The largest absolute Gasteiger partial charge is 0.454 e. The molecule has 2 aliphatic heterocycles. The minimum Gasteiger partial charge on any atom is -0.454 e. The third kappa shape index (κ3) is 4.65. The molecule has 2 aliphatic rings. The zero-order valence-corrected chi connectivity index (χ0v) is 20.0. The number of benzene rings is 3. The van der Waals surface area contributed by atoms with Crippen molar-refractivity contribution in [3.63, 3.8) is 0 Å². The van der Waals surface area contributed by atoms with E-state index in [1.54, 1.807) is 24.3 Å². The van der Waals surface area contributed by atoms with Gasteiger partial charge in [-0.15, -0.1) is 0 Å². The van der Waals surface area contributed by atoms with E-state index in [1.807, 2.05) is 42.5 Å². The number of amides is 1. The Balaban J connectivity index is 1.48. The lowest BCUT2D eigenvalue weighted by molar-refractivity contribution is 0.102. The van der Waals surface area contributed by atoms with Crippen molar-refractivity contribution in [2.75, 3.05) is 31.5 Å². The maximum atomic E-state index is 12.8. The van der Waals surface area contributed by atoms with Crippen LogP contribution < -0.4 is 10.1 Å². The highest BCUT2D eigenvalue weighted by Gasteiger charge is 2.27. The van der Waals surface area contributed by atoms with Gasteiger partial charge in [-0.25, -0.2) is 4.99 Å². The summed E-state index contributed by atoms with van der Waals surface area (Å²) < 4.78 is 6.26. The molecule has 0 unspecified atom stereocenters. The number of amidine groups is 1. The highest BCUT2D eigenvalue weighted by molar-refractivity contribution is 6.30. The second-order valence-electron chi connectivity index (χ2n) is 8.79. The number of nitrogens with zero attached hydrogens (tertiary/aromatic N) is 3. The molecule has 34 heavy (non-hydrogen) atoms. The summed E-state index contributed by atoms with van der Waals surface area (Å²) in [6.07, 6.45) is 0. The molecule has 6 nitrogen and oxygen atoms in total. The summed E-state index contributed by atoms with van der Waals surface area (Å²) in [6, 6.07) is 20.9. The van der Waals surface area contributed by atoms with Gasteiger partial charge in [0.25, 0.3) is 5.91 Å². The molecule has 1 saturated heterocycles. The molecule has 0 spiro atoms. The van der Waals surface area contributed by atoms with Crippen molar-refractivity contribution in [2.45, 2.75) is 19.9 Å². The van der Waals surface area contributed by atoms with Crippen LogP contribution in [0.4, 0.5) is 11.4 Å². The normalized spacial score (nSPS) is 15.6. The Morgan fingerprint density at radius 3 is 2.44 bits per heavy atom. The number of hydrogen-bond donors (Lipinski definition) is 1. The number of para-hydroxylation sites is 2. The molecule has 0 aromatic heterocycles. The van der Waals surface area contributed by atoms with Gasteiger partial charge in [0.1, 0.15) is 17.3 Å². The Bertz CT molecular complexity index is 1230. The highest BCUT2D eigenvalue weighted by Crippen LogP contribution is 2.39.